The molecule has 0 fully saturated rings. The molecule has 80 valence electrons. The third-order valence-corrected chi connectivity index (χ3v) is 3.53. The van der Waals surface area contributed by atoms with Gasteiger partial charge in [-0.25, -0.2) is 0 Å². The third kappa shape index (κ3) is 4.66. The molecular weight excluding hydrogens is 158 g/mol. The summed E-state index contributed by atoms with van der Waals surface area (Å²) in [6.45, 7) is 12.6. The molecule has 1 nitrogen and oxygen atoms in total. The van der Waals surface area contributed by atoms with E-state index in [9.17, 15) is 0 Å². The molecule has 0 rings (SSSR count). The topological polar surface area (TPSA) is 12.0 Å². The van der Waals surface area contributed by atoms with Gasteiger partial charge in [0.25, 0.3) is 0 Å². The van der Waals surface area contributed by atoms with Crippen molar-refractivity contribution in [3.05, 3.63) is 0 Å². The Morgan fingerprint density at radius 3 is 1.77 bits per heavy atom. The average Bonchev–Trinajstić information content (AvgIpc) is 2.19. The van der Waals surface area contributed by atoms with Crippen molar-refractivity contribution in [3.63, 3.8) is 0 Å². The summed E-state index contributed by atoms with van der Waals surface area (Å²) in [6.07, 6.45) is 5.05. The standard InChI is InChI=1S/C12H27N/c1-6-11(7-2)10-13-12(5,8-3)9-4/h11,13H,6-10H2,1-5H3. The molecule has 0 aliphatic rings. The predicted molar refractivity (Wildman–Crippen MR) is 61.1 cm³/mol. The van der Waals surface area contributed by atoms with Gasteiger partial charge in [-0.05, 0) is 32.2 Å². The highest BCUT2D eigenvalue weighted by atomic mass is 15.0. The summed E-state index contributed by atoms with van der Waals surface area (Å²) in [5.41, 5.74) is 0.364. The number of hydrogen-bond donors (Lipinski definition) is 1. The normalized spacial score (nSPS) is 12.5. The van der Waals surface area contributed by atoms with Gasteiger partial charge in [-0.3, -0.25) is 0 Å². The van der Waals surface area contributed by atoms with Gasteiger partial charge in [0.15, 0.2) is 0 Å². The maximum Gasteiger partial charge on any atom is 0.0148 e. The van der Waals surface area contributed by atoms with Crippen LogP contribution in [0.15, 0.2) is 0 Å². The molecule has 0 aromatic rings. The molecule has 0 saturated carbocycles. The molecular formula is C12H27N. The molecule has 0 aromatic heterocycles. The Balaban J connectivity index is 3.83. The maximum absolute atomic E-state index is 3.70. The van der Waals surface area contributed by atoms with E-state index in [2.05, 4.69) is 39.9 Å². The smallest absolute Gasteiger partial charge is 0.0148 e. The molecule has 0 radical (unpaired) electrons. The Hall–Kier alpha value is -0.0400. The van der Waals surface area contributed by atoms with Crippen LogP contribution in [0.1, 0.15) is 60.3 Å². The van der Waals surface area contributed by atoms with Crippen molar-refractivity contribution in [2.24, 2.45) is 5.92 Å². The zero-order chi connectivity index (χ0) is 10.3. The fourth-order valence-electron chi connectivity index (χ4n) is 1.47. The van der Waals surface area contributed by atoms with Crippen molar-refractivity contribution in [3.8, 4) is 0 Å². The first-order valence-corrected chi connectivity index (χ1v) is 5.86. The summed E-state index contributed by atoms with van der Waals surface area (Å²) in [4.78, 5) is 0. The van der Waals surface area contributed by atoms with E-state index in [4.69, 9.17) is 0 Å². The van der Waals surface area contributed by atoms with Gasteiger partial charge in [0, 0.05) is 5.54 Å². The summed E-state index contributed by atoms with van der Waals surface area (Å²) in [7, 11) is 0. The Bertz CT molecular complexity index is 112. The van der Waals surface area contributed by atoms with Crippen LogP contribution in [0.5, 0.6) is 0 Å². The van der Waals surface area contributed by atoms with Crippen LogP contribution < -0.4 is 5.32 Å². The van der Waals surface area contributed by atoms with Crippen LogP contribution in [-0.2, 0) is 0 Å². The largest absolute Gasteiger partial charge is 0.311 e. The van der Waals surface area contributed by atoms with Crippen LogP contribution in [0, 0.1) is 5.92 Å². The highest BCUT2D eigenvalue weighted by Crippen LogP contribution is 2.15. The SMILES string of the molecule is CCC(CC)CNC(C)(CC)CC. The Kier molecular flexibility index (Phi) is 6.40. The van der Waals surface area contributed by atoms with E-state index in [1.165, 1.54) is 32.2 Å². The molecule has 0 bridgehead atoms. The van der Waals surface area contributed by atoms with E-state index < -0.39 is 0 Å². The van der Waals surface area contributed by atoms with Gasteiger partial charge in [-0.1, -0.05) is 40.5 Å². The molecule has 0 unspecified atom stereocenters. The molecule has 0 aliphatic heterocycles. The van der Waals surface area contributed by atoms with Crippen LogP contribution in [0.4, 0.5) is 0 Å². The van der Waals surface area contributed by atoms with E-state index >= 15 is 0 Å². The zero-order valence-electron chi connectivity index (χ0n) is 10.1. The number of rotatable bonds is 7. The minimum absolute atomic E-state index is 0.364. The summed E-state index contributed by atoms with van der Waals surface area (Å²) in [5, 5.41) is 3.70. The van der Waals surface area contributed by atoms with Crippen LogP contribution in [0.25, 0.3) is 0 Å². The first kappa shape index (κ1) is 13.0. The summed E-state index contributed by atoms with van der Waals surface area (Å²) < 4.78 is 0. The zero-order valence-corrected chi connectivity index (χ0v) is 10.1. The van der Waals surface area contributed by atoms with E-state index in [0.29, 0.717) is 5.54 Å². The lowest BCUT2D eigenvalue weighted by atomic mass is 9.93. The first-order valence-electron chi connectivity index (χ1n) is 5.86. The Morgan fingerprint density at radius 2 is 1.46 bits per heavy atom. The molecule has 0 spiro atoms. The first-order chi connectivity index (χ1) is 6.11. The van der Waals surface area contributed by atoms with Crippen molar-refractivity contribution in [1.29, 1.82) is 0 Å². The van der Waals surface area contributed by atoms with Crippen LogP contribution in [0.3, 0.4) is 0 Å². The van der Waals surface area contributed by atoms with Crippen molar-refractivity contribution in [2.45, 2.75) is 65.8 Å². The second-order valence-electron chi connectivity index (χ2n) is 4.33. The van der Waals surface area contributed by atoms with Gasteiger partial charge in [-0.2, -0.15) is 0 Å². The summed E-state index contributed by atoms with van der Waals surface area (Å²) in [5.74, 6) is 0.859. The molecule has 1 N–H and O–H groups in total. The molecule has 0 aromatic carbocycles. The number of hydrogen-bond acceptors (Lipinski definition) is 1. The minimum atomic E-state index is 0.364. The van der Waals surface area contributed by atoms with E-state index in [-0.39, 0.29) is 0 Å². The average molecular weight is 185 g/mol. The second kappa shape index (κ2) is 6.42. The highest BCUT2D eigenvalue weighted by Gasteiger charge is 2.19. The van der Waals surface area contributed by atoms with Crippen LogP contribution in [0.2, 0.25) is 0 Å². The van der Waals surface area contributed by atoms with Gasteiger partial charge >= 0.3 is 0 Å². The van der Waals surface area contributed by atoms with Gasteiger partial charge in [-0.15, -0.1) is 0 Å². The molecule has 0 saturated heterocycles. The van der Waals surface area contributed by atoms with Gasteiger partial charge in [0.2, 0.25) is 0 Å². The Morgan fingerprint density at radius 1 is 1.00 bits per heavy atom. The lowest BCUT2D eigenvalue weighted by Crippen LogP contribution is -2.43. The minimum Gasteiger partial charge on any atom is -0.311 e. The van der Waals surface area contributed by atoms with E-state index in [0.717, 1.165) is 5.92 Å². The molecule has 0 atom stereocenters. The fraction of sp³-hybridized carbons (Fsp3) is 1.00. The fourth-order valence-corrected chi connectivity index (χ4v) is 1.47. The van der Waals surface area contributed by atoms with Gasteiger partial charge in [0.05, 0.1) is 0 Å². The second-order valence-corrected chi connectivity index (χ2v) is 4.33. The van der Waals surface area contributed by atoms with Crippen molar-refractivity contribution >= 4 is 0 Å². The molecule has 0 aliphatic carbocycles. The lowest BCUT2D eigenvalue weighted by molar-refractivity contribution is 0.297. The van der Waals surface area contributed by atoms with E-state index in [1.807, 2.05) is 0 Å². The molecule has 1 heteroatoms. The van der Waals surface area contributed by atoms with Crippen molar-refractivity contribution < 1.29 is 0 Å². The van der Waals surface area contributed by atoms with Gasteiger partial charge < -0.3 is 5.32 Å². The van der Waals surface area contributed by atoms with E-state index in [1.54, 1.807) is 0 Å². The summed E-state index contributed by atoms with van der Waals surface area (Å²) >= 11 is 0. The molecule has 0 heterocycles. The van der Waals surface area contributed by atoms with Crippen molar-refractivity contribution in [2.75, 3.05) is 6.54 Å². The summed E-state index contributed by atoms with van der Waals surface area (Å²) in [6, 6.07) is 0. The Labute approximate surface area is 84.3 Å². The molecule has 13 heavy (non-hydrogen) atoms. The maximum atomic E-state index is 3.70. The van der Waals surface area contributed by atoms with Crippen molar-refractivity contribution in [1.82, 2.24) is 5.32 Å². The quantitative estimate of drug-likeness (QED) is 0.639. The molecule has 0 amide bonds. The van der Waals surface area contributed by atoms with Gasteiger partial charge in [0.1, 0.15) is 0 Å². The van der Waals surface area contributed by atoms with Crippen LogP contribution in [-0.4, -0.2) is 12.1 Å². The third-order valence-electron chi connectivity index (χ3n) is 3.53. The monoisotopic (exact) mass is 185 g/mol. The lowest BCUT2D eigenvalue weighted by Gasteiger charge is -2.30. The van der Waals surface area contributed by atoms with Crippen LogP contribution >= 0.6 is 0 Å². The number of nitrogens with one attached hydrogen (secondary N) is 1. The highest BCUT2D eigenvalue weighted by molar-refractivity contribution is 4.80. The predicted octanol–water partition coefficient (Wildman–Crippen LogP) is 3.59.